The minimum Gasteiger partial charge on any atom is -0.463 e. The summed E-state index contributed by atoms with van der Waals surface area (Å²) in [5.41, 5.74) is 5.32. The highest BCUT2D eigenvalue weighted by Crippen LogP contribution is 2.48. The molecule has 1 heterocycles. The van der Waals surface area contributed by atoms with Gasteiger partial charge in [0.2, 0.25) is 0 Å². The summed E-state index contributed by atoms with van der Waals surface area (Å²) in [5, 5.41) is 4.87. The molecule has 0 amide bonds. The van der Waals surface area contributed by atoms with Gasteiger partial charge in [0.05, 0.1) is 24.3 Å². The molecule has 1 N–H and O–H groups in total. The molecular weight excluding hydrogens is 515 g/mol. The number of ether oxygens (including phenoxy) is 1. The van der Waals surface area contributed by atoms with E-state index < -0.39 is 6.04 Å². The first kappa shape index (κ1) is 25.9. The lowest BCUT2D eigenvalue weighted by atomic mass is 9.84. The van der Waals surface area contributed by atoms with Crippen LogP contribution in [0.4, 0.5) is 11.4 Å². The fourth-order valence-corrected chi connectivity index (χ4v) is 5.26. The molecule has 4 nitrogen and oxygen atoms in total. The minimum absolute atomic E-state index is 0.0975. The Morgan fingerprint density at radius 2 is 1.37 bits per heavy atom. The van der Waals surface area contributed by atoms with E-state index in [1.165, 1.54) is 0 Å². The number of nitrogens with zero attached hydrogens (tertiary/aromatic N) is 1. The molecule has 4 aromatic carbocycles. The van der Waals surface area contributed by atoms with Gasteiger partial charge >= 0.3 is 5.97 Å². The number of carbonyl (C=O) groups excluding carboxylic acids is 1. The van der Waals surface area contributed by atoms with E-state index in [9.17, 15) is 4.79 Å². The first-order valence-corrected chi connectivity index (χ1v) is 13.4. The molecule has 2 atom stereocenters. The van der Waals surface area contributed by atoms with Gasteiger partial charge < -0.3 is 15.0 Å². The zero-order valence-electron chi connectivity index (χ0n) is 21.0. The van der Waals surface area contributed by atoms with Crippen LogP contribution in [0.5, 0.6) is 0 Å². The minimum atomic E-state index is -0.436. The van der Waals surface area contributed by atoms with E-state index in [0.717, 1.165) is 28.2 Å². The zero-order valence-corrected chi connectivity index (χ0v) is 22.5. The van der Waals surface area contributed by atoms with E-state index in [-0.39, 0.29) is 18.6 Å². The molecule has 0 saturated carbocycles. The molecular formula is C32H28Cl2N2O2. The molecule has 0 aromatic heterocycles. The van der Waals surface area contributed by atoms with Gasteiger partial charge in [-0.2, -0.15) is 0 Å². The fraction of sp³-hybridized carbons (Fsp3) is 0.156. The van der Waals surface area contributed by atoms with Gasteiger partial charge in [0.1, 0.15) is 0 Å². The van der Waals surface area contributed by atoms with Crippen LogP contribution in [0.15, 0.2) is 120 Å². The average molecular weight is 543 g/mol. The maximum absolute atomic E-state index is 13.7. The molecule has 5 rings (SSSR count). The number of nitrogens with one attached hydrogen (secondary N) is 1. The van der Waals surface area contributed by atoms with Gasteiger partial charge in [-0.1, -0.05) is 83.9 Å². The summed E-state index contributed by atoms with van der Waals surface area (Å²) in [4.78, 5) is 16.0. The standard InChI is InChI=1S/C32H28Cl2N2O2/c1-2-38-32(37)30-28(35-26-9-5-3-6-10-26)21-29(22-13-17-24(33)18-14-22)36(27-11-7-4-8-12-27)31(30)23-15-19-25(34)20-16-23/h3-20,29,31,35H,2,21H2,1H3/t29-,31+/m0/s1. The highest BCUT2D eigenvalue weighted by molar-refractivity contribution is 6.30. The number of benzene rings is 4. The van der Waals surface area contributed by atoms with E-state index in [0.29, 0.717) is 22.0 Å². The second-order valence-corrected chi connectivity index (χ2v) is 9.94. The largest absolute Gasteiger partial charge is 0.463 e. The summed E-state index contributed by atoms with van der Waals surface area (Å²) < 4.78 is 5.66. The van der Waals surface area contributed by atoms with Gasteiger partial charge in [0, 0.05) is 33.5 Å². The zero-order chi connectivity index (χ0) is 26.5. The molecule has 4 aromatic rings. The van der Waals surface area contributed by atoms with Crippen LogP contribution in [-0.2, 0) is 9.53 Å². The number of hydrogen-bond donors (Lipinski definition) is 1. The maximum Gasteiger partial charge on any atom is 0.338 e. The smallest absolute Gasteiger partial charge is 0.338 e. The van der Waals surface area contributed by atoms with Gasteiger partial charge in [-0.05, 0) is 66.6 Å². The summed E-state index contributed by atoms with van der Waals surface area (Å²) in [6.07, 6.45) is 0.559. The summed E-state index contributed by atoms with van der Waals surface area (Å²) in [7, 11) is 0. The second-order valence-electron chi connectivity index (χ2n) is 9.07. The van der Waals surface area contributed by atoms with Crippen LogP contribution < -0.4 is 10.2 Å². The second kappa shape index (κ2) is 11.8. The Balaban J connectivity index is 1.77. The van der Waals surface area contributed by atoms with Crippen LogP contribution in [-0.4, -0.2) is 12.6 Å². The molecule has 0 spiro atoms. The van der Waals surface area contributed by atoms with E-state index in [2.05, 4.69) is 34.5 Å². The van der Waals surface area contributed by atoms with Crippen LogP contribution in [0.25, 0.3) is 0 Å². The molecule has 38 heavy (non-hydrogen) atoms. The Labute approximate surface area is 233 Å². The van der Waals surface area contributed by atoms with Crippen molar-refractivity contribution in [3.63, 3.8) is 0 Å². The fourth-order valence-electron chi connectivity index (χ4n) is 5.01. The Morgan fingerprint density at radius 1 is 0.816 bits per heavy atom. The Kier molecular flexibility index (Phi) is 8.02. The van der Waals surface area contributed by atoms with Crippen molar-refractivity contribution < 1.29 is 9.53 Å². The van der Waals surface area contributed by atoms with E-state index in [1.807, 2.05) is 91.9 Å². The van der Waals surface area contributed by atoms with Crippen LogP contribution >= 0.6 is 23.2 Å². The maximum atomic E-state index is 13.7. The molecule has 0 fully saturated rings. The van der Waals surface area contributed by atoms with Crippen molar-refractivity contribution in [1.82, 2.24) is 0 Å². The van der Waals surface area contributed by atoms with Gasteiger partial charge in [0.15, 0.2) is 0 Å². The topological polar surface area (TPSA) is 41.6 Å². The van der Waals surface area contributed by atoms with E-state index in [4.69, 9.17) is 27.9 Å². The predicted molar refractivity (Wildman–Crippen MR) is 156 cm³/mol. The number of para-hydroxylation sites is 2. The Morgan fingerprint density at radius 3 is 1.95 bits per heavy atom. The van der Waals surface area contributed by atoms with Gasteiger partial charge in [-0.15, -0.1) is 0 Å². The van der Waals surface area contributed by atoms with Crippen molar-refractivity contribution in [3.8, 4) is 0 Å². The molecule has 0 saturated heterocycles. The lowest BCUT2D eigenvalue weighted by Gasteiger charge is -2.46. The average Bonchev–Trinajstić information content (AvgIpc) is 2.94. The molecule has 1 aliphatic heterocycles. The third-order valence-electron chi connectivity index (χ3n) is 6.67. The molecule has 1 aliphatic rings. The monoisotopic (exact) mass is 542 g/mol. The summed E-state index contributed by atoms with van der Waals surface area (Å²) >= 11 is 12.6. The lowest BCUT2D eigenvalue weighted by Crippen LogP contribution is -2.41. The lowest BCUT2D eigenvalue weighted by molar-refractivity contribution is -0.139. The first-order chi connectivity index (χ1) is 18.5. The van der Waals surface area contributed by atoms with Crippen LogP contribution in [0.2, 0.25) is 10.0 Å². The van der Waals surface area contributed by atoms with Crippen molar-refractivity contribution in [2.75, 3.05) is 16.8 Å². The normalized spacial score (nSPS) is 17.3. The molecule has 0 bridgehead atoms. The van der Waals surface area contributed by atoms with Crippen molar-refractivity contribution in [2.24, 2.45) is 0 Å². The molecule has 6 heteroatoms. The van der Waals surface area contributed by atoms with Crippen LogP contribution in [0, 0.1) is 0 Å². The quantitative estimate of drug-likeness (QED) is 0.237. The highest BCUT2D eigenvalue weighted by Gasteiger charge is 2.41. The SMILES string of the molecule is CCOC(=O)C1=C(Nc2ccccc2)C[C@@H](c2ccc(Cl)cc2)N(c2ccccc2)[C@@H]1c1ccc(Cl)cc1. The Hall–Kier alpha value is -3.73. The van der Waals surface area contributed by atoms with E-state index in [1.54, 1.807) is 0 Å². The van der Waals surface area contributed by atoms with E-state index >= 15 is 0 Å². The van der Waals surface area contributed by atoms with Gasteiger partial charge in [0.25, 0.3) is 0 Å². The summed E-state index contributed by atoms with van der Waals surface area (Å²) in [6, 6.07) is 35.1. The highest BCUT2D eigenvalue weighted by atomic mass is 35.5. The number of halogens is 2. The summed E-state index contributed by atoms with van der Waals surface area (Å²) in [6.45, 7) is 2.11. The molecule has 0 aliphatic carbocycles. The number of esters is 1. The van der Waals surface area contributed by atoms with Gasteiger partial charge in [-0.3, -0.25) is 0 Å². The third-order valence-corrected chi connectivity index (χ3v) is 7.17. The molecule has 0 radical (unpaired) electrons. The van der Waals surface area contributed by atoms with Crippen molar-refractivity contribution >= 4 is 40.5 Å². The Bertz CT molecular complexity index is 1410. The van der Waals surface area contributed by atoms with Gasteiger partial charge in [-0.25, -0.2) is 4.79 Å². The summed E-state index contributed by atoms with van der Waals surface area (Å²) in [5.74, 6) is -0.346. The molecule has 0 unspecified atom stereocenters. The number of anilines is 2. The van der Waals surface area contributed by atoms with Crippen molar-refractivity contribution in [3.05, 3.63) is 142 Å². The van der Waals surface area contributed by atoms with Crippen molar-refractivity contribution in [2.45, 2.75) is 25.4 Å². The number of rotatable bonds is 7. The number of carbonyl (C=O) groups is 1. The first-order valence-electron chi connectivity index (χ1n) is 12.6. The van der Waals surface area contributed by atoms with Crippen LogP contribution in [0.1, 0.15) is 36.6 Å². The van der Waals surface area contributed by atoms with Crippen molar-refractivity contribution in [1.29, 1.82) is 0 Å². The number of hydrogen-bond acceptors (Lipinski definition) is 4. The predicted octanol–water partition coefficient (Wildman–Crippen LogP) is 8.62. The molecule has 192 valence electrons. The van der Waals surface area contributed by atoms with Crippen LogP contribution in [0.3, 0.4) is 0 Å². The third kappa shape index (κ3) is 5.57.